The van der Waals surface area contributed by atoms with E-state index in [9.17, 15) is 4.79 Å². The van der Waals surface area contributed by atoms with Crippen molar-refractivity contribution >= 4 is 46.3 Å². The van der Waals surface area contributed by atoms with E-state index in [1.54, 1.807) is 40.1 Å². The van der Waals surface area contributed by atoms with Crippen molar-refractivity contribution < 1.29 is 4.79 Å². The number of amides is 2. The van der Waals surface area contributed by atoms with Crippen LogP contribution >= 0.6 is 23.2 Å². The second-order valence-corrected chi connectivity index (χ2v) is 7.74. The molecule has 0 bridgehead atoms. The third-order valence-electron chi connectivity index (χ3n) is 5.10. The topological polar surface area (TPSA) is 27.9 Å². The van der Waals surface area contributed by atoms with Crippen molar-refractivity contribution in [2.24, 2.45) is 0 Å². The van der Waals surface area contributed by atoms with Crippen LogP contribution in [0.1, 0.15) is 18.5 Å². The number of nitrogens with zero attached hydrogens (tertiary/aromatic N) is 3. The predicted octanol–water partition coefficient (Wildman–Crippen LogP) is 7.12. The molecule has 4 nitrogen and oxygen atoms in total. The van der Waals surface area contributed by atoms with Gasteiger partial charge >= 0.3 is 6.03 Å². The maximum atomic E-state index is 13.6. The molecule has 1 aliphatic heterocycles. The normalized spacial score (nSPS) is 18.8. The molecule has 0 radical (unpaired) electrons. The lowest BCUT2D eigenvalue weighted by Gasteiger charge is -2.26. The molecule has 2 amide bonds. The summed E-state index contributed by atoms with van der Waals surface area (Å²) in [6, 6.07) is 21.3. The molecule has 2 atom stereocenters. The van der Waals surface area contributed by atoms with E-state index in [4.69, 9.17) is 29.8 Å². The second-order valence-electron chi connectivity index (χ2n) is 6.87. The van der Waals surface area contributed by atoms with Crippen molar-refractivity contribution in [1.29, 1.82) is 0 Å². The van der Waals surface area contributed by atoms with Gasteiger partial charge in [0.2, 0.25) is 0 Å². The molecule has 4 rings (SSSR count). The molecular weight excluding hydrogens is 405 g/mol. The Morgan fingerprint density at radius 1 is 0.862 bits per heavy atom. The number of anilines is 2. The van der Waals surface area contributed by atoms with Crippen molar-refractivity contribution in [3.63, 3.8) is 0 Å². The van der Waals surface area contributed by atoms with Crippen LogP contribution < -0.4 is 9.80 Å². The maximum Gasteiger partial charge on any atom is 0.329 e. The Labute approximate surface area is 179 Å². The molecule has 0 spiro atoms. The first-order chi connectivity index (χ1) is 14.0. The van der Waals surface area contributed by atoms with E-state index >= 15 is 0 Å². The van der Waals surface area contributed by atoms with Crippen molar-refractivity contribution in [3.05, 3.63) is 99.8 Å². The minimum Gasteiger partial charge on any atom is -0.289 e. The van der Waals surface area contributed by atoms with Crippen LogP contribution in [0.2, 0.25) is 10.0 Å². The Kier molecular flexibility index (Phi) is 5.19. The highest BCUT2D eigenvalue weighted by Gasteiger charge is 2.45. The Morgan fingerprint density at radius 3 is 1.97 bits per heavy atom. The van der Waals surface area contributed by atoms with Gasteiger partial charge in [-0.15, -0.1) is 0 Å². The largest absolute Gasteiger partial charge is 0.329 e. The van der Waals surface area contributed by atoms with Gasteiger partial charge in [-0.05, 0) is 61.0 Å². The molecule has 29 heavy (non-hydrogen) atoms. The summed E-state index contributed by atoms with van der Waals surface area (Å²) in [5, 5.41) is 1.22. The third kappa shape index (κ3) is 3.55. The molecule has 1 aliphatic rings. The van der Waals surface area contributed by atoms with Gasteiger partial charge in [-0.3, -0.25) is 9.80 Å². The minimum atomic E-state index is -0.263. The quantitative estimate of drug-likeness (QED) is 0.413. The van der Waals surface area contributed by atoms with E-state index < -0.39 is 0 Å². The van der Waals surface area contributed by atoms with E-state index in [1.807, 2.05) is 49.4 Å². The molecule has 6 heteroatoms. The number of benzene rings is 3. The predicted molar refractivity (Wildman–Crippen MR) is 118 cm³/mol. The maximum absolute atomic E-state index is 13.6. The standard InChI is InChI=1S/C23H17Cl2N3O/c1-15-22(16-4-3-5-19(14-16)26-2)28(21-12-8-18(25)9-13-21)23(29)27(15)20-10-6-17(24)7-11-20/h3-15,22H,1H3/t15-,22+/m1/s1. The van der Waals surface area contributed by atoms with Crippen LogP contribution in [0.4, 0.5) is 21.9 Å². The summed E-state index contributed by atoms with van der Waals surface area (Å²) in [4.78, 5) is 20.6. The van der Waals surface area contributed by atoms with Gasteiger partial charge in [0.05, 0.1) is 18.7 Å². The molecule has 0 aliphatic carbocycles. The fraction of sp³-hybridized carbons (Fsp3) is 0.130. The van der Waals surface area contributed by atoms with Gasteiger partial charge in [0.25, 0.3) is 0 Å². The molecule has 0 unspecified atom stereocenters. The Balaban J connectivity index is 1.84. The lowest BCUT2D eigenvalue weighted by atomic mass is 9.99. The molecule has 144 valence electrons. The van der Waals surface area contributed by atoms with Gasteiger partial charge in [-0.1, -0.05) is 47.5 Å². The summed E-state index contributed by atoms with van der Waals surface area (Å²) in [5.41, 5.74) is 2.98. The van der Waals surface area contributed by atoms with Gasteiger partial charge in [0.15, 0.2) is 5.69 Å². The zero-order valence-corrected chi connectivity index (χ0v) is 17.1. The van der Waals surface area contributed by atoms with Crippen LogP contribution in [0.25, 0.3) is 4.85 Å². The summed E-state index contributed by atoms with van der Waals surface area (Å²) < 4.78 is 0. The summed E-state index contributed by atoms with van der Waals surface area (Å²) in [6.45, 7) is 9.35. The average Bonchev–Trinajstić information content (AvgIpc) is 2.99. The van der Waals surface area contributed by atoms with Crippen LogP contribution in [-0.2, 0) is 0 Å². The highest BCUT2D eigenvalue weighted by Crippen LogP contribution is 2.42. The number of carbonyl (C=O) groups excluding carboxylic acids is 1. The summed E-state index contributed by atoms with van der Waals surface area (Å²) in [7, 11) is 0. The van der Waals surface area contributed by atoms with Gasteiger partial charge in [-0.25, -0.2) is 9.64 Å². The van der Waals surface area contributed by atoms with Gasteiger partial charge in [-0.2, -0.15) is 0 Å². The molecule has 3 aromatic carbocycles. The van der Waals surface area contributed by atoms with Crippen molar-refractivity contribution in [2.75, 3.05) is 9.80 Å². The fourth-order valence-electron chi connectivity index (χ4n) is 3.79. The van der Waals surface area contributed by atoms with Crippen LogP contribution in [0, 0.1) is 6.57 Å². The lowest BCUT2D eigenvalue weighted by molar-refractivity contribution is 0.255. The molecular formula is C23H17Cl2N3O. The average molecular weight is 422 g/mol. The van der Waals surface area contributed by atoms with Crippen molar-refractivity contribution in [3.8, 4) is 0 Å². The smallest absolute Gasteiger partial charge is 0.289 e. The highest BCUT2D eigenvalue weighted by atomic mass is 35.5. The monoisotopic (exact) mass is 421 g/mol. The van der Waals surface area contributed by atoms with Gasteiger partial charge < -0.3 is 0 Å². The summed E-state index contributed by atoms with van der Waals surface area (Å²) >= 11 is 12.1. The second kappa shape index (κ2) is 7.79. The number of urea groups is 1. The first kappa shape index (κ1) is 19.3. The molecule has 1 heterocycles. The number of carbonyl (C=O) groups is 1. The number of hydrogen-bond acceptors (Lipinski definition) is 1. The van der Waals surface area contributed by atoms with Crippen LogP contribution in [0.15, 0.2) is 72.8 Å². The Bertz CT molecular complexity index is 1090. The molecule has 0 N–H and O–H groups in total. The Morgan fingerprint density at radius 2 is 1.41 bits per heavy atom. The van der Waals surface area contributed by atoms with Gasteiger partial charge in [0, 0.05) is 21.4 Å². The zero-order valence-electron chi connectivity index (χ0n) is 15.6. The highest BCUT2D eigenvalue weighted by molar-refractivity contribution is 6.31. The van der Waals surface area contributed by atoms with Gasteiger partial charge in [0.1, 0.15) is 0 Å². The third-order valence-corrected chi connectivity index (χ3v) is 5.61. The van der Waals surface area contributed by atoms with Crippen LogP contribution in [0.3, 0.4) is 0 Å². The van der Waals surface area contributed by atoms with E-state index in [2.05, 4.69) is 4.85 Å². The van der Waals surface area contributed by atoms with E-state index in [-0.39, 0.29) is 18.1 Å². The summed E-state index contributed by atoms with van der Waals surface area (Å²) in [6.07, 6.45) is 0. The number of hydrogen-bond donors (Lipinski definition) is 0. The van der Waals surface area contributed by atoms with E-state index in [0.717, 1.165) is 16.9 Å². The lowest BCUT2D eigenvalue weighted by Crippen LogP contribution is -2.33. The van der Waals surface area contributed by atoms with E-state index in [0.29, 0.717) is 15.7 Å². The Hall–Kier alpha value is -3.00. The van der Waals surface area contributed by atoms with Crippen molar-refractivity contribution in [1.82, 2.24) is 0 Å². The molecule has 0 aromatic heterocycles. The number of halogens is 2. The van der Waals surface area contributed by atoms with Crippen LogP contribution in [-0.4, -0.2) is 12.1 Å². The fourth-order valence-corrected chi connectivity index (χ4v) is 4.04. The first-order valence-electron chi connectivity index (χ1n) is 9.10. The molecule has 0 saturated carbocycles. The first-order valence-corrected chi connectivity index (χ1v) is 9.86. The molecule has 1 saturated heterocycles. The minimum absolute atomic E-state index is 0.139. The SMILES string of the molecule is [C-]#[N+]c1cccc([C@@H]2[C@@H](C)N(c3ccc(Cl)cc3)C(=O)N2c2ccc(Cl)cc2)c1. The van der Waals surface area contributed by atoms with E-state index in [1.165, 1.54) is 0 Å². The zero-order chi connectivity index (χ0) is 20.5. The molecule has 1 fully saturated rings. The van der Waals surface area contributed by atoms with Crippen molar-refractivity contribution in [2.45, 2.75) is 19.0 Å². The van der Waals surface area contributed by atoms with Crippen LogP contribution in [0.5, 0.6) is 0 Å². The summed E-state index contributed by atoms with van der Waals surface area (Å²) in [5.74, 6) is 0. The molecule has 3 aromatic rings. The number of rotatable bonds is 3.